The van der Waals surface area contributed by atoms with Crippen molar-refractivity contribution in [1.29, 1.82) is 0 Å². The van der Waals surface area contributed by atoms with Crippen molar-refractivity contribution >= 4 is 5.91 Å². The van der Waals surface area contributed by atoms with Crippen molar-refractivity contribution < 1.29 is 14.6 Å². The minimum atomic E-state index is -0.473. The Morgan fingerprint density at radius 1 is 1.16 bits per heavy atom. The van der Waals surface area contributed by atoms with Crippen molar-refractivity contribution in [2.75, 3.05) is 6.54 Å². The molecule has 0 spiro atoms. The van der Waals surface area contributed by atoms with Crippen LogP contribution in [-0.4, -0.2) is 23.7 Å². The third-order valence-electron chi connectivity index (χ3n) is 4.66. The van der Waals surface area contributed by atoms with E-state index >= 15 is 0 Å². The van der Waals surface area contributed by atoms with Gasteiger partial charge in [-0.05, 0) is 73.1 Å². The second-order valence-electron chi connectivity index (χ2n) is 6.51. The molecule has 0 radical (unpaired) electrons. The topological polar surface area (TPSA) is 58.6 Å². The first-order valence-corrected chi connectivity index (χ1v) is 9.00. The van der Waals surface area contributed by atoms with Gasteiger partial charge in [0.05, 0.1) is 0 Å². The first-order valence-electron chi connectivity index (χ1n) is 9.00. The lowest BCUT2D eigenvalue weighted by Crippen LogP contribution is -2.38. The fraction of sp³-hybridized carbons (Fsp3) is 0.381. The molecule has 1 aliphatic rings. The molecule has 3 rings (SSSR count). The summed E-state index contributed by atoms with van der Waals surface area (Å²) in [7, 11) is 0. The maximum absolute atomic E-state index is 12.4. The van der Waals surface area contributed by atoms with Crippen LogP contribution in [0.3, 0.4) is 0 Å². The minimum absolute atomic E-state index is 0.0817. The van der Waals surface area contributed by atoms with Gasteiger partial charge < -0.3 is 15.2 Å². The number of benzene rings is 2. The van der Waals surface area contributed by atoms with Crippen LogP contribution in [0, 0.1) is 0 Å². The number of fused-ring (bicyclic) bond motifs is 1. The Hall–Kier alpha value is -2.49. The van der Waals surface area contributed by atoms with E-state index in [0.29, 0.717) is 13.0 Å². The van der Waals surface area contributed by atoms with Crippen LogP contribution in [0.1, 0.15) is 36.5 Å². The van der Waals surface area contributed by atoms with E-state index < -0.39 is 6.10 Å². The standard InChI is InChI=1S/C21H25NO3/c1-2-20(25-19-11-8-16-4-3-5-17(16)14-19)21(24)22-13-12-15-6-9-18(23)10-7-15/h6-11,14,20,23H,2-5,12-13H2,1H3,(H,22,24). The van der Waals surface area contributed by atoms with E-state index in [0.717, 1.165) is 30.6 Å². The van der Waals surface area contributed by atoms with E-state index in [1.165, 1.54) is 17.5 Å². The van der Waals surface area contributed by atoms with Crippen LogP contribution in [0.5, 0.6) is 11.5 Å². The lowest BCUT2D eigenvalue weighted by molar-refractivity contribution is -0.128. The highest BCUT2D eigenvalue weighted by molar-refractivity contribution is 5.81. The number of hydrogen-bond acceptors (Lipinski definition) is 3. The summed E-state index contributed by atoms with van der Waals surface area (Å²) >= 11 is 0. The number of hydrogen-bond donors (Lipinski definition) is 2. The summed E-state index contributed by atoms with van der Waals surface area (Å²) in [6, 6.07) is 13.2. The smallest absolute Gasteiger partial charge is 0.261 e. The summed E-state index contributed by atoms with van der Waals surface area (Å²) < 4.78 is 5.92. The van der Waals surface area contributed by atoms with Gasteiger partial charge in [0, 0.05) is 6.54 Å². The molecule has 0 aromatic heterocycles. The number of amides is 1. The van der Waals surface area contributed by atoms with E-state index in [4.69, 9.17) is 4.74 Å². The first kappa shape index (κ1) is 17.3. The Kier molecular flexibility index (Phi) is 5.59. The Morgan fingerprint density at radius 2 is 1.92 bits per heavy atom. The predicted molar refractivity (Wildman–Crippen MR) is 98.0 cm³/mol. The van der Waals surface area contributed by atoms with Gasteiger partial charge in [0.2, 0.25) is 0 Å². The van der Waals surface area contributed by atoms with Gasteiger partial charge in [-0.1, -0.05) is 25.1 Å². The van der Waals surface area contributed by atoms with Crippen molar-refractivity contribution in [1.82, 2.24) is 5.32 Å². The van der Waals surface area contributed by atoms with E-state index in [1.807, 2.05) is 25.1 Å². The number of rotatable bonds is 7. The fourth-order valence-electron chi connectivity index (χ4n) is 3.21. The van der Waals surface area contributed by atoms with Gasteiger partial charge in [0.25, 0.3) is 5.91 Å². The third-order valence-corrected chi connectivity index (χ3v) is 4.66. The van der Waals surface area contributed by atoms with Gasteiger partial charge >= 0.3 is 0 Å². The van der Waals surface area contributed by atoms with E-state index in [2.05, 4.69) is 17.4 Å². The Bertz CT molecular complexity index is 724. The van der Waals surface area contributed by atoms with E-state index in [1.54, 1.807) is 12.1 Å². The number of carbonyl (C=O) groups excluding carboxylic acids is 1. The highest BCUT2D eigenvalue weighted by Crippen LogP contribution is 2.26. The molecule has 2 aromatic carbocycles. The molecule has 0 saturated heterocycles. The number of phenols is 1. The van der Waals surface area contributed by atoms with Gasteiger partial charge in [-0.3, -0.25) is 4.79 Å². The second-order valence-corrected chi connectivity index (χ2v) is 6.51. The zero-order valence-corrected chi connectivity index (χ0v) is 14.6. The summed E-state index contributed by atoms with van der Waals surface area (Å²) in [5, 5.41) is 12.2. The van der Waals surface area contributed by atoms with Crippen LogP contribution in [-0.2, 0) is 24.1 Å². The van der Waals surface area contributed by atoms with Crippen LogP contribution in [0.15, 0.2) is 42.5 Å². The quantitative estimate of drug-likeness (QED) is 0.813. The van der Waals surface area contributed by atoms with Gasteiger partial charge in [-0.25, -0.2) is 0 Å². The van der Waals surface area contributed by atoms with Crippen LogP contribution < -0.4 is 10.1 Å². The Morgan fingerprint density at radius 3 is 2.68 bits per heavy atom. The van der Waals surface area contributed by atoms with Gasteiger partial charge in [-0.15, -0.1) is 0 Å². The number of aromatic hydroxyl groups is 1. The van der Waals surface area contributed by atoms with Crippen LogP contribution in [0.2, 0.25) is 0 Å². The maximum atomic E-state index is 12.4. The molecule has 25 heavy (non-hydrogen) atoms. The molecule has 1 atom stereocenters. The molecule has 2 aromatic rings. The summed E-state index contributed by atoms with van der Waals surface area (Å²) in [5.41, 5.74) is 3.82. The second kappa shape index (κ2) is 8.06. The van der Waals surface area contributed by atoms with Crippen molar-refractivity contribution in [2.24, 2.45) is 0 Å². The van der Waals surface area contributed by atoms with Crippen LogP contribution in [0.4, 0.5) is 0 Å². The molecule has 0 aliphatic heterocycles. The third kappa shape index (κ3) is 4.53. The lowest BCUT2D eigenvalue weighted by atomic mass is 10.1. The fourth-order valence-corrected chi connectivity index (χ4v) is 3.21. The van der Waals surface area contributed by atoms with Gasteiger partial charge in [0.15, 0.2) is 6.10 Å². The van der Waals surface area contributed by atoms with Crippen molar-refractivity contribution in [2.45, 2.75) is 45.1 Å². The average molecular weight is 339 g/mol. The molecule has 2 N–H and O–H groups in total. The predicted octanol–water partition coefficient (Wildman–Crippen LogP) is 3.40. The summed E-state index contributed by atoms with van der Waals surface area (Å²) in [6.07, 6.45) is 4.32. The van der Waals surface area contributed by atoms with Crippen LogP contribution >= 0.6 is 0 Å². The number of nitrogens with one attached hydrogen (secondary N) is 1. The van der Waals surface area contributed by atoms with Gasteiger partial charge in [0.1, 0.15) is 11.5 Å². The highest BCUT2D eigenvalue weighted by Gasteiger charge is 2.19. The molecule has 0 heterocycles. The molecular weight excluding hydrogens is 314 g/mol. The number of carbonyl (C=O) groups is 1. The highest BCUT2D eigenvalue weighted by atomic mass is 16.5. The zero-order chi connectivity index (χ0) is 17.6. The molecular formula is C21H25NO3. The first-order chi connectivity index (χ1) is 12.2. The van der Waals surface area contributed by atoms with Crippen molar-refractivity contribution in [3.63, 3.8) is 0 Å². The molecule has 0 saturated carbocycles. The maximum Gasteiger partial charge on any atom is 0.261 e. The average Bonchev–Trinajstić information content (AvgIpc) is 3.09. The number of phenolic OH excluding ortho intramolecular Hbond substituents is 1. The van der Waals surface area contributed by atoms with Crippen LogP contribution in [0.25, 0.3) is 0 Å². The summed E-state index contributed by atoms with van der Waals surface area (Å²) in [6.45, 7) is 2.51. The van der Waals surface area contributed by atoms with Crippen molar-refractivity contribution in [3.8, 4) is 11.5 Å². The van der Waals surface area contributed by atoms with E-state index in [-0.39, 0.29) is 11.7 Å². The minimum Gasteiger partial charge on any atom is -0.508 e. The number of aryl methyl sites for hydroxylation is 2. The molecule has 1 unspecified atom stereocenters. The molecule has 1 aliphatic carbocycles. The molecule has 0 fully saturated rings. The lowest BCUT2D eigenvalue weighted by Gasteiger charge is -2.18. The molecule has 0 bridgehead atoms. The Labute approximate surface area is 148 Å². The largest absolute Gasteiger partial charge is 0.508 e. The molecule has 1 amide bonds. The van der Waals surface area contributed by atoms with Gasteiger partial charge in [-0.2, -0.15) is 0 Å². The molecule has 4 nitrogen and oxygen atoms in total. The summed E-state index contributed by atoms with van der Waals surface area (Å²) in [4.78, 5) is 12.4. The zero-order valence-electron chi connectivity index (χ0n) is 14.6. The van der Waals surface area contributed by atoms with Crippen molar-refractivity contribution in [3.05, 3.63) is 59.2 Å². The monoisotopic (exact) mass is 339 g/mol. The SMILES string of the molecule is CCC(Oc1ccc2c(c1)CCC2)C(=O)NCCc1ccc(O)cc1. The molecule has 132 valence electrons. The molecule has 4 heteroatoms. The normalized spacial score (nSPS) is 14.0. The summed E-state index contributed by atoms with van der Waals surface area (Å²) in [5.74, 6) is 0.949. The Balaban J connectivity index is 1.51. The van der Waals surface area contributed by atoms with E-state index in [9.17, 15) is 9.90 Å². The number of ether oxygens (including phenoxy) is 1.